The number of anilines is 3. The van der Waals surface area contributed by atoms with Crippen LogP contribution in [-0.2, 0) is 4.79 Å². The van der Waals surface area contributed by atoms with Gasteiger partial charge in [0.25, 0.3) is 0 Å². The third-order valence-corrected chi connectivity index (χ3v) is 4.74. The largest absolute Gasteiger partial charge is 0.336 e. The van der Waals surface area contributed by atoms with Crippen LogP contribution in [0.2, 0.25) is 10.2 Å². The van der Waals surface area contributed by atoms with Crippen molar-refractivity contribution >= 4 is 63.6 Å². The van der Waals surface area contributed by atoms with Gasteiger partial charge in [-0.3, -0.25) is 14.7 Å². The molecule has 0 radical (unpaired) electrons. The van der Waals surface area contributed by atoms with Crippen LogP contribution in [0.15, 0.2) is 36.7 Å². The minimum absolute atomic E-state index is 0.0145. The second kappa shape index (κ2) is 8.63. The fourth-order valence-electron chi connectivity index (χ4n) is 2.93. The van der Waals surface area contributed by atoms with E-state index in [1.165, 1.54) is 11.1 Å². The molecule has 0 saturated heterocycles. The molecule has 7 nitrogen and oxygen atoms in total. The summed E-state index contributed by atoms with van der Waals surface area (Å²) < 4.78 is 0. The molecule has 3 amide bonds. The normalized spacial score (nSPS) is 10.8. The van der Waals surface area contributed by atoms with Gasteiger partial charge in [0.1, 0.15) is 5.69 Å². The number of para-hydroxylation sites is 1. The van der Waals surface area contributed by atoms with Gasteiger partial charge in [0, 0.05) is 23.8 Å². The molecule has 0 aliphatic rings. The van der Waals surface area contributed by atoms with E-state index >= 15 is 0 Å². The number of urea groups is 1. The molecule has 1 aromatic carbocycles. The Morgan fingerprint density at radius 1 is 1.21 bits per heavy atom. The van der Waals surface area contributed by atoms with E-state index in [0.717, 1.165) is 5.56 Å². The number of rotatable bonds is 5. The first-order chi connectivity index (χ1) is 13.8. The topological polar surface area (TPSA) is 87.2 Å². The number of halogens is 2. The summed E-state index contributed by atoms with van der Waals surface area (Å²) in [7, 11) is 0. The minimum atomic E-state index is -0.327. The molecular formula is C20H19Cl2N5O2. The molecule has 150 valence electrons. The van der Waals surface area contributed by atoms with Crippen LogP contribution in [0.1, 0.15) is 19.4 Å². The van der Waals surface area contributed by atoms with Gasteiger partial charge in [0.15, 0.2) is 5.15 Å². The van der Waals surface area contributed by atoms with E-state index in [4.69, 9.17) is 23.2 Å². The Hall–Kier alpha value is -2.90. The van der Waals surface area contributed by atoms with Gasteiger partial charge >= 0.3 is 6.03 Å². The molecular weight excluding hydrogens is 413 g/mol. The SMILES string of the molecule is Cc1cnc2c(N(C=O)c3c(Cl)ccnc3Cl)cccc2c1NC(=O)NC(C)C. The molecule has 0 bridgehead atoms. The smallest absolute Gasteiger partial charge is 0.319 e. The molecule has 3 aromatic rings. The Morgan fingerprint density at radius 2 is 1.97 bits per heavy atom. The fraction of sp³-hybridized carbons (Fsp3) is 0.200. The molecule has 0 unspecified atom stereocenters. The highest BCUT2D eigenvalue weighted by molar-refractivity contribution is 6.39. The summed E-state index contributed by atoms with van der Waals surface area (Å²) in [5.74, 6) is 0. The van der Waals surface area contributed by atoms with Crippen molar-refractivity contribution in [2.75, 3.05) is 10.2 Å². The average molecular weight is 432 g/mol. The Bertz CT molecular complexity index is 1070. The summed E-state index contributed by atoms with van der Waals surface area (Å²) in [6.07, 6.45) is 3.69. The first-order valence-corrected chi connectivity index (χ1v) is 9.59. The summed E-state index contributed by atoms with van der Waals surface area (Å²) in [4.78, 5) is 34.0. The zero-order valence-electron chi connectivity index (χ0n) is 16.0. The first kappa shape index (κ1) is 20.8. The molecule has 2 N–H and O–H groups in total. The van der Waals surface area contributed by atoms with Crippen LogP contribution in [0.3, 0.4) is 0 Å². The van der Waals surface area contributed by atoms with Crippen molar-refractivity contribution in [2.45, 2.75) is 26.8 Å². The van der Waals surface area contributed by atoms with Gasteiger partial charge in [0.2, 0.25) is 6.41 Å². The summed E-state index contributed by atoms with van der Waals surface area (Å²) in [5.41, 5.74) is 2.60. The molecule has 29 heavy (non-hydrogen) atoms. The number of aryl methyl sites for hydroxylation is 1. The molecule has 0 spiro atoms. The maximum absolute atomic E-state index is 12.3. The lowest BCUT2D eigenvalue weighted by atomic mass is 10.1. The van der Waals surface area contributed by atoms with Gasteiger partial charge < -0.3 is 10.6 Å². The van der Waals surface area contributed by atoms with Crippen LogP contribution in [0, 0.1) is 6.92 Å². The van der Waals surface area contributed by atoms with Crippen LogP contribution in [0.5, 0.6) is 0 Å². The van der Waals surface area contributed by atoms with E-state index in [1.54, 1.807) is 24.4 Å². The quantitative estimate of drug-likeness (QED) is 0.435. The third-order valence-electron chi connectivity index (χ3n) is 4.16. The zero-order valence-corrected chi connectivity index (χ0v) is 17.5. The van der Waals surface area contributed by atoms with E-state index in [1.807, 2.05) is 26.8 Å². The van der Waals surface area contributed by atoms with Crippen molar-refractivity contribution in [3.63, 3.8) is 0 Å². The lowest BCUT2D eigenvalue weighted by Crippen LogP contribution is -2.34. The van der Waals surface area contributed by atoms with Crippen molar-refractivity contribution in [2.24, 2.45) is 0 Å². The third kappa shape index (κ3) is 4.26. The van der Waals surface area contributed by atoms with Crippen molar-refractivity contribution in [1.82, 2.24) is 15.3 Å². The van der Waals surface area contributed by atoms with E-state index in [-0.39, 0.29) is 27.9 Å². The Morgan fingerprint density at radius 3 is 2.62 bits per heavy atom. The zero-order chi connectivity index (χ0) is 21.1. The van der Waals surface area contributed by atoms with Crippen LogP contribution in [-0.4, -0.2) is 28.5 Å². The number of fused-ring (bicyclic) bond motifs is 1. The van der Waals surface area contributed by atoms with Crippen LogP contribution in [0.4, 0.5) is 21.9 Å². The Labute approximate surface area is 178 Å². The molecule has 2 heterocycles. The maximum atomic E-state index is 12.3. The molecule has 2 aromatic heterocycles. The second-order valence-corrected chi connectivity index (χ2v) is 7.42. The van der Waals surface area contributed by atoms with Crippen molar-refractivity contribution < 1.29 is 9.59 Å². The number of hydrogen-bond donors (Lipinski definition) is 2. The van der Waals surface area contributed by atoms with Crippen molar-refractivity contribution in [3.8, 4) is 0 Å². The predicted molar refractivity (Wildman–Crippen MR) is 116 cm³/mol. The number of pyridine rings is 2. The molecule has 0 atom stereocenters. The second-order valence-electron chi connectivity index (χ2n) is 6.65. The monoisotopic (exact) mass is 431 g/mol. The van der Waals surface area contributed by atoms with Gasteiger partial charge in [-0.2, -0.15) is 0 Å². The molecule has 3 rings (SSSR count). The predicted octanol–water partition coefficient (Wildman–Crippen LogP) is 5.07. The number of nitrogens with one attached hydrogen (secondary N) is 2. The van der Waals surface area contributed by atoms with E-state index in [0.29, 0.717) is 28.7 Å². The van der Waals surface area contributed by atoms with E-state index in [9.17, 15) is 9.59 Å². The summed E-state index contributed by atoms with van der Waals surface area (Å²) in [6.45, 7) is 5.59. The lowest BCUT2D eigenvalue weighted by molar-refractivity contribution is -0.106. The number of carbonyl (C=O) groups is 2. The van der Waals surface area contributed by atoms with Crippen molar-refractivity contribution in [1.29, 1.82) is 0 Å². The highest BCUT2D eigenvalue weighted by Gasteiger charge is 2.21. The number of amides is 3. The standard InChI is InChI=1S/C20H19Cl2N5O2/c1-11(2)25-20(29)26-16-12(3)9-24-17-13(16)5-4-6-15(17)27(10-28)18-14(21)7-8-23-19(18)22/h4-11H,1-3H3,(H2,24,25,26,29). The van der Waals surface area contributed by atoms with Crippen LogP contribution in [0.25, 0.3) is 10.9 Å². The molecule has 0 saturated carbocycles. The lowest BCUT2D eigenvalue weighted by Gasteiger charge is -2.22. The van der Waals surface area contributed by atoms with Crippen molar-refractivity contribution in [3.05, 3.63) is 52.4 Å². The number of benzene rings is 1. The van der Waals surface area contributed by atoms with Gasteiger partial charge in [-0.15, -0.1) is 0 Å². The maximum Gasteiger partial charge on any atom is 0.319 e. The van der Waals surface area contributed by atoms with Crippen LogP contribution >= 0.6 is 23.2 Å². The summed E-state index contributed by atoms with van der Waals surface area (Å²) in [5, 5.41) is 6.69. The Kier molecular flexibility index (Phi) is 6.20. The van der Waals surface area contributed by atoms with Gasteiger partial charge in [-0.25, -0.2) is 9.78 Å². The van der Waals surface area contributed by atoms with Crippen LogP contribution < -0.4 is 15.5 Å². The summed E-state index contributed by atoms with van der Waals surface area (Å²) in [6, 6.07) is 6.51. The average Bonchev–Trinajstić information content (AvgIpc) is 2.66. The number of aromatic nitrogens is 2. The van der Waals surface area contributed by atoms with Gasteiger partial charge in [-0.1, -0.05) is 35.3 Å². The molecule has 9 heteroatoms. The molecule has 0 fully saturated rings. The molecule has 0 aliphatic heterocycles. The van der Waals surface area contributed by atoms with E-state index < -0.39 is 0 Å². The summed E-state index contributed by atoms with van der Waals surface area (Å²) >= 11 is 12.5. The fourth-order valence-corrected chi connectivity index (χ4v) is 3.46. The minimum Gasteiger partial charge on any atom is -0.336 e. The number of nitrogens with zero attached hydrogens (tertiary/aromatic N) is 3. The number of carbonyl (C=O) groups excluding carboxylic acids is 2. The Balaban J connectivity index is 2.16. The molecule has 0 aliphatic carbocycles. The van der Waals surface area contributed by atoms with Gasteiger partial charge in [-0.05, 0) is 38.5 Å². The van der Waals surface area contributed by atoms with E-state index in [2.05, 4.69) is 20.6 Å². The number of hydrogen-bond acceptors (Lipinski definition) is 4. The highest BCUT2D eigenvalue weighted by atomic mass is 35.5. The first-order valence-electron chi connectivity index (χ1n) is 8.83. The highest BCUT2D eigenvalue weighted by Crippen LogP contribution is 2.39. The van der Waals surface area contributed by atoms with Gasteiger partial charge in [0.05, 0.1) is 21.9 Å².